The Balaban J connectivity index is 1.45. The van der Waals surface area contributed by atoms with Gasteiger partial charge in [0.05, 0.1) is 11.6 Å². The molecule has 3 aromatic carbocycles. The molecule has 0 bridgehead atoms. The first-order valence-corrected chi connectivity index (χ1v) is 13.8. The Morgan fingerprint density at radius 2 is 1.63 bits per heavy atom. The number of anilines is 1. The first kappa shape index (κ1) is 25.6. The van der Waals surface area contributed by atoms with Crippen LogP contribution in [0.3, 0.4) is 0 Å². The summed E-state index contributed by atoms with van der Waals surface area (Å²) in [7, 11) is 0. The number of aryl methyl sites for hydroxylation is 2. The largest absolute Gasteiger partial charge is 0.503 e. The van der Waals surface area contributed by atoms with E-state index in [4.69, 9.17) is 0 Å². The molecular weight excluding hydrogens is 514 g/mol. The number of thioether (sulfide) groups is 1. The maximum atomic E-state index is 13.4. The fourth-order valence-corrected chi connectivity index (χ4v) is 5.96. The van der Waals surface area contributed by atoms with E-state index in [0.717, 1.165) is 16.7 Å². The van der Waals surface area contributed by atoms with Crippen molar-refractivity contribution in [2.75, 3.05) is 4.90 Å². The summed E-state index contributed by atoms with van der Waals surface area (Å²) in [5, 5.41) is 19.8. The lowest BCUT2D eigenvalue weighted by Gasteiger charge is -2.23. The van der Waals surface area contributed by atoms with E-state index in [9.17, 15) is 14.7 Å². The summed E-state index contributed by atoms with van der Waals surface area (Å²) >= 11 is 2.79. The first-order chi connectivity index (χ1) is 18.4. The fraction of sp³-hybridized carbons (Fsp3) is 0.133. The lowest BCUT2D eigenvalue weighted by atomic mass is 9.95. The number of aromatic nitrogens is 2. The number of benzene rings is 3. The number of allylic oxidation sites excluding steroid dienone is 1. The van der Waals surface area contributed by atoms with E-state index in [-0.39, 0.29) is 5.57 Å². The molecule has 1 N–H and O–H groups in total. The Bertz CT molecular complexity index is 1530. The molecule has 6 nitrogen and oxygen atoms in total. The van der Waals surface area contributed by atoms with Gasteiger partial charge in [-0.1, -0.05) is 119 Å². The number of nitrogens with zero attached hydrogens (tertiary/aromatic N) is 3. The van der Waals surface area contributed by atoms with E-state index in [1.165, 1.54) is 39.6 Å². The SMILES string of the molecule is Cc1ccc(CSc2nnc(N3C(=O)C(O)=C(C(=O)/C=C/c4ccccc4)C3c3ccc(C)cc3)s2)cc1. The third-order valence-corrected chi connectivity index (χ3v) is 8.31. The van der Waals surface area contributed by atoms with Crippen molar-refractivity contribution < 1.29 is 14.7 Å². The van der Waals surface area contributed by atoms with Crippen LogP contribution in [0.4, 0.5) is 5.13 Å². The van der Waals surface area contributed by atoms with Crippen molar-refractivity contribution in [3.63, 3.8) is 0 Å². The van der Waals surface area contributed by atoms with Gasteiger partial charge in [0.15, 0.2) is 15.9 Å². The summed E-state index contributed by atoms with van der Waals surface area (Å²) < 4.78 is 0.694. The van der Waals surface area contributed by atoms with Gasteiger partial charge in [0.1, 0.15) is 0 Å². The number of hydrogen-bond donors (Lipinski definition) is 1. The van der Waals surface area contributed by atoms with Crippen LogP contribution in [0.15, 0.2) is 101 Å². The molecule has 1 atom stereocenters. The second kappa shape index (κ2) is 11.2. The molecule has 0 fully saturated rings. The van der Waals surface area contributed by atoms with Crippen molar-refractivity contribution in [1.82, 2.24) is 10.2 Å². The predicted octanol–water partition coefficient (Wildman–Crippen LogP) is 6.63. The third kappa shape index (κ3) is 5.46. The van der Waals surface area contributed by atoms with Gasteiger partial charge in [-0.3, -0.25) is 14.5 Å². The maximum absolute atomic E-state index is 13.4. The summed E-state index contributed by atoms with van der Waals surface area (Å²) in [6, 6.07) is 24.4. The van der Waals surface area contributed by atoms with Gasteiger partial charge in [-0.2, -0.15) is 0 Å². The highest BCUT2D eigenvalue weighted by molar-refractivity contribution is 8.00. The van der Waals surface area contributed by atoms with Crippen LogP contribution in [-0.4, -0.2) is 27.0 Å². The maximum Gasteiger partial charge on any atom is 0.296 e. The van der Waals surface area contributed by atoms with Crippen LogP contribution in [0.25, 0.3) is 6.08 Å². The molecule has 190 valence electrons. The second-order valence-electron chi connectivity index (χ2n) is 8.98. The van der Waals surface area contributed by atoms with Crippen LogP contribution in [0.2, 0.25) is 0 Å². The van der Waals surface area contributed by atoms with Crippen molar-refractivity contribution in [1.29, 1.82) is 0 Å². The molecule has 0 spiro atoms. The molecule has 38 heavy (non-hydrogen) atoms. The number of aliphatic hydroxyl groups is 1. The number of rotatable bonds is 8. The van der Waals surface area contributed by atoms with Gasteiger partial charge in [-0.15, -0.1) is 10.2 Å². The standard InChI is InChI=1S/C30H25N3O3S2/c1-19-8-12-22(13-9-19)18-37-30-32-31-29(38-30)33-26(23-15-10-20(2)11-16-23)25(27(35)28(33)36)24(34)17-14-21-6-4-3-5-7-21/h3-17,26,35H,18H2,1-2H3/b17-14+. The zero-order valence-corrected chi connectivity index (χ0v) is 22.5. The minimum Gasteiger partial charge on any atom is -0.503 e. The molecule has 5 rings (SSSR count). The van der Waals surface area contributed by atoms with Gasteiger partial charge in [0.2, 0.25) is 5.13 Å². The molecule has 1 aromatic heterocycles. The molecule has 0 aliphatic carbocycles. The predicted molar refractivity (Wildman–Crippen MR) is 152 cm³/mol. The summed E-state index contributed by atoms with van der Waals surface area (Å²) in [6.45, 7) is 4.01. The molecule has 4 aromatic rings. The minimum atomic E-state index is -0.820. The van der Waals surface area contributed by atoms with Gasteiger partial charge in [-0.05, 0) is 36.6 Å². The summed E-state index contributed by atoms with van der Waals surface area (Å²) in [6.07, 6.45) is 3.06. The van der Waals surface area contributed by atoms with Gasteiger partial charge in [0.25, 0.3) is 5.91 Å². The lowest BCUT2D eigenvalue weighted by Crippen LogP contribution is -2.30. The van der Waals surface area contributed by atoms with E-state index in [0.29, 0.717) is 20.8 Å². The number of hydrogen-bond acceptors (Lipinski definition) is 7. The average molecular weight is 540 g/mol. The van der Waals surface area contributed by atoms with Crippen molar-refractivity contribution in [3.05, 3.63) is 124 Å². The van der Waals surface area contributed by atoms with E-state index in [1.807, 2.05) is 68.4 Å². The van der Waals surface area contributed by atoms with Crippen molar-refractivity contribution in [3.8, 4) is 0 Å². The Kier molecular flexibility index (Phi) is 7.53. The average Bonchev–Trinajstić information content (AvgIpc) is 3.50. The molecule has 2 heterocycles. The van der Waals surface area contributed by atoms with Crippen LogP contribution in [0.5, 0.6) is 0 Å². The molecule has 1 aliphatic rings. The summed E-state index contributed by atoms with van der Waals surface area (Å²) in [5.41, 5.74) is 4.96. The van der Waals surface area contributed by atoms with Crippen LogP contribution in [0, 0.1) is 13.8 Å². The lowest BCUT2D eigenvalue weighted by molar-refractivity contribution is -0.117. The Labute approximate surface area is 229 Å². The van der Waals surface area contributed by atoms with Crippen LogP contribution >= 0.6 is 23.1 Å². The topological polar surface area (TPSA) is 83.4 Å². The van der Waals surface area contributed by atoms with Crippen molar-refractivity contribution >= 4 is 46.0 Å². The van der Waals surface area contributed by atoms with Gasteiger partial charge >= 0.3 is 0 Å². The molecular formula is C30H25N3O3S2. The highest BCUT2D eigenvalue weighted by Crippen LogP contribution is 2.43. The number of carbonyl (C=O) groups excluding carboxylic acids is 2. The number of ketones is 1. The molecule has 8 heteroatoms. The van der Waals surface area contributed by atoms with E-state index in [2.05, 4.69) is 34.5 Å². The Hall–Kier alpha value is -4.01. The van der Waals surface area contributed by atoms with Crippen molar-refractivity contribution in [2.24, 2.45) is 0 Å². The monoisotopic (exact) mass is 539 g/mol. The van der Waals surface area contributed by atoms with Gasteiger partial charge in [0, 0.05) is 5.75 Å². The molecule has 0 saturated carbocycles. The quantitative estimate of drug-likeness (QED) is 0.154. The highest BCUT2D eigenvalue weighted by Gasteiger charge is 2.45. The van der Waals surface area contributed by atoms with Crippen LogP contribution in [0.1, 0.15) is 33.9 Å². The normalized spacial score (nSPS) is 15.6. The summed E-state index contributed by atoms with van der Waals surface area (Å²) in [4.78, 5) is 28.1. The zero-order chi connectivity index (χ0) is 26.6. The Morgan fingerprint density at radius 1 is 0.974 bits per heavy atom. The highest BCUT2D eigenvalue weighted by atomic mass is 32.2. The molecule has 0 saturated heterocycles. The van der Waals surface area contributed by atoms with E-state index in [1.54, 1.807) is 6.08 Å². The van der Waals surface area contributed by atoms with E-state index < -0.39 is 23.5 Å². The molecule has 1 aliphatic heterocycles. The molecule has 1 unspecified atom stereocenters. The third-order valence-electron chi connectivity index (χ3n) is 6.18. The Morgan fingerprint density at radius 3 is 2.32 bits per heavy atom. The van der Waals surface area contributed by atoms with Crippen molar-refractivity contribution in [2.45, 2.75) is 30.0 Å². The fourth-order valence-electron chi connectivity index (χ4n) is 4.13. The molecule has 1 amide bonds. The van der Waals surface area contributed by atoms with Gasteiger partial charge in [-0.25, -0.2) is 0 Å². The van der Waals surface area contributed by atoms with Crippen LogP contribution in [-0.2, 0) is 15.3 Å². The van der Waals surface area contributed by atoms with Gasteiger partial charge < -0.3 is 5.11 Å². The second-order valence-corrected chi connectivity index (χ2v) is 11.2. The summed E-state index contributed by atoms with van der Waals surface area (Å²) in [5.74, 6) is -0.964. The first-order valence-electron chi connectivity index (χ1n) is 12.0. The minimum absolute atomic E-state index is 0.0232. The van der Waals surface area contributed by atoms with E-state index >= 15 is 0 Å². The smallest absolute Gasteiger partial charge is 0.296 e. The van der Waals surface area contributed by atoms with Crippen LogP contribution < -0.4 is 4.90 Å². The number of carbonyl (C=O) groups is 2. The zero-order valence-electron chi connectivity index (χ0n) is 20.9. The number of aliphatic hydroxyl groups excluding tert-OH is 1. The number of amides is 1. The molecule has 0 radical (unpaired) electrons.